The Morgan fingerprint density at radius 1 is 1.12 bits per heavy atom. The molecule has 2 saturated heterocycles. The first-order valence-electron chi connectivity index (χ1n) is 12.7. The Hall–Kier alpha value is -3.15. The van der Waals surface area contributed by atoms with E-state index in [4.69, 9.17) is 9.98 Å². The number of dihydropyridines is 1. The monoisotopic (exact) mass is 455 g/mol. The van der Waals surface area contributed by atoms with Crippen LogP contribution in [0.5, 0.6) is 0 Å². The van der Waals surface area contributed by atoms with E-state index < -0.39 is 0 Å². The lowest BCUT2D eigenvalue weighted by Gasteiger charge is -2.35. The number of piperidine rings is 1. The largest absolute Gasteiger partial charge is 0.356 e. The molecule has 0 N–H and O–H groups in total. The highest BCUT2D eigenvalue weighted by Crippen LogP contribution is 2.32. The van der Waals surface area contributed by atoms with Gasteiger partial charge in [-0.1, -0.05) is 13.0 Å². The highest BCUT2D eigenvalue weighted by atomic mass is 16.2. The summed E-state index contributed by atoms with van der Waals surface area (Å²) in [4.78, 5) is 28.4. The van der Waals surface area contributed by atoms with Gasteiger partial charge in [0, 0.05) is 49.3 Å². The van der Waals surface area contributed by atoms with Gasteiger partial charge in [-0.3, -0.25) is 9.79 Å². The van der Waals surface area contributed by atoms with Crippen molar-refractivity contribution in [2.75, 3.05) is 19.6 Å². The fraction of sp³-hybridized carbons (Fsp3) is 0.464. The zero-order valence-corrected chi connectivity index (χ0v) is 20.4. The molecule has 6 rings (SSSR count). The molecule has 1 aromatic carbocycles. The van der Waals surface area contributed by atoms with E-state index in [9.17, 15) is 4.79 Å². The minimum absolute atomic E-state index is 0.0116. The van der Waals surface area contributed by atoms with Crippen molar-refractivity contribution in [2.24, 2.45) is 23.0 Å². The second-order valence-corrected chi connectivity index (χ2v) is 10.4. The van der Waals surface area contributed by atoms with Crippen molar-refractivity contribution < 1.29 is 4.79 Å². The fourth-order valence-corrected chi connectivity index (χ4v) is 6.00. The Labute approximate surface area is 201 Å². The summed E-state index contributed by atoms with van der Waals surface area (Å²) < 4.78 is 2.07. The first-order chi connectivity index (χ1) is 16.5. The number of carbonyl (C=O) groups excluding carboxylic acids is 1. The Morgan fingerprint density at radius 2 is 2.00 bits per heavy atom. The number of rotatable bonds is 2. The van der Waals surface area contributed by atoms with Crippen molar-refractivity contribution in [3.63, 3.8) is 0 Å². The van der Waals surface area contributed by atoms with Crippen LogP contribution in [0.15, 0.2) is 63.9 Å². The van der Waals surface area contributed by atoms with Gasteiger partial charge in [-0.15, -0.1) is 0 Å². The summed E-state index contributed by atoms with van der Waals surface area (Å²) in [6.07, 6.45) is 10.8. The molecular formula is C28H33N5O. The molecule has 4 aliphatic rings. The van der Waals surface area contributed by atoms with Gasteiger partial charge in [-0.2, -0.15) is 0 Å². The number of likely N-dealkylation sites (tertiary alicyclic amines) is 2. The molecule has 0 aliphatic carbocycles. The number of amides is 1. The van der Waals surface area contributed by atoms with Gasteiger partial charge < -0.3 is 14.4 Å². The number of fused-ring (bicyclic) bond motifs is 2. The number of hydrogen-bond acceptors (Lipinski definition) is 4. The van der Waals surface area contributed by atoms with E-state index in [1.807, 2.05) is 31.4 Å². The molecule has 1 amide bonds. The molecule has 5 heterocycles. The van der Waals surface area contributed by atoms with E-state index in [2.05, 4.69) is 46.4 Å². The number of aliphatic imine (C=N–C) groups is 2. The van der Waals surface area contributed by atoms with Gasteiger partial charge >= 0.3 is 0 Å². The van der Waals surface area contributed by atoms with Crippen LogP contribution in [0.3, 0.4) is 0 Å². The quantitative estimate of drug-likeness (QED) is 0.666. The van der Waals surface area contributed by atoms with Gasteiger partial charge in [0.15, 0.2) is 0 Å². The number of amidine groups is 1. The first-order valence-corrected chi connectivity index (χ1v) is 12.7. The highest BCUT2D eigenvalue weighted by Gasteiger charge is 2.36. The average Bonchev–Trinajstić information content (AvgIpc) is 3.56. The molecule has 6 nitrogen and oxygen atoms in total. The average molecular weight is 456 g/mol. The van der Waals surface area contributed by atoms with Crippen LogP contribution in [0.4, 0.5) is 0 Å². The number of nitrogens with zero attached hydrogens (tertiary/aromatic N) is 5. The predicted octanol–water partition coefficient (Wildman–Crippen LogP) is 4.58. The second kappa shape index (κ2) is 8.26. The molecule has 1 unspecified atom stereocenters. The van der Waals surface area contributed by atoms with E-state index in [-0.39, 0.29) is 18.0 Å². The SMILES string of the molecule is CC1=CC2N=C([C@@H]3CCCCN3C(=O)c3cccc4c3ccn4C)C=C2N=C1N1CC[C@H](C)C1. The van der Waals surface area contributed by atoms with Crippen LogP contribution in [0, 0.1) is 5.92 Å². The Balaban J connectivity index is 1.30. The van der Waals surface area contributed by atoms with Crippen LogP contribution in [0.1, 0.15) is 49.9 Å². The van der Waals surface area contributed by atoms with Crippen molar-refractivity contribution in [2.45, 2.75) is 51.6 Å². The lowest BCUT2D eigenvalue weighted by atomic mass is 9.96. The molecule has 2 fully saturated rings. The topological polar surface area (TPSA) is 53.2 Å². The molecule has 2 aromatic rings. The second-order valence-electron chi connectivity index (χ2n) is 10.4. The van der Waals surface area contributed by atoms with E-state index in [1.165, 1.54) is 12.0 Å². The van der Waals surface area contributed by atoms with Crippen LogP contribution in [-0.2, 0) is 7.05 Å². The molecule has 6 heteroatoms. The van der Waals surface area contributed by atoms with Crippen LogP contribution >= 0.6 is 0 Å². The third-order valence-corrected chi connectivity index (χ3v) is 7.87. The van der Waals surface area contributed by atoms with E-state index in [1.54, 1.807) is 0 Å². The lowest BCUT2D eigenvalue weighted by Crippen LogP contribution is -2.47. The summed E-state index contributed by atoms with van der Waals surface area (Å²) >= 11 is 0. The molecule has 0 saturated carbocycles. The normalized spacial score (nSPS) is 26.9. The fourth-order valence-electron chi connectivity index (χ4n) is 6.00. The van der Waals surface area contributed by atoms with E-state index in [0.717, 1.165) is 72.6 Å². The highest BCUT2D eigenvalue weighted by molar-refractivity contribution is 6.11. The maximum Gasteiger partial charge on any atom is 0.255 e. The van der Waals surface area contributed by atoms with Gasteiger partial charge in [0.2, 0.25) is 0 Å². The summed E-state index contributed by atoms with van der Waals surface area (Å²) in [5.74, 6) is 1.93. The zero-order chi connectivity index (χ0) is 23.4. The molecule has 4 aliphatic heterocycles. The van der Waals surface area contributed by atoms with Gasteiger partial charge in [0.25, 0.3) is 5.91 Å². The zero-order valence-electron chi connectivity index (χ0n) is 20.4. The molecule has 0 radical (unpaired) electrons. The van der Waals surface area contributed by atoms with E-state index >= 15 is 0 Å². The summed E-state index contributed by atoms with van der Waals surface area (Å²) in [7, 11) is 2.02. The number of aryl methyl sites for hydroxylation is 1. The van der Waals surface area contributed by atoms with Crippen LogP contribution in [-0.4, -0.2) is 63.5 Å². The van der Waals surface area contributed by atoms with Gasteiger partial charge in [0.1, 0.15) is 11.9 Å². The van der Waals surface area contributed by atoms with Gasteiger partial charge in [0.05, 0.1) is 17.5 Å². The number of hydrogen-bond donors (Lipinski definition) is 0. The standard InChI is InChI=1S/C28H33N5O/c1-18-10-14-32(17-18)27-19(2)15-22-23(30-27)16-24(29-22)26-8-4-5-12-33(26)28(34)21-7-6-9-25-20(21)11-13-31(25)3/h6-7,9,11,13,15-16,18,22,26H,4-5,8,10,12,14,17H2,1-3H3/t18-,22?,26-/m0/s1. The molecule has 1 aromatic heterocycles. The molecule has 176 valence electrons. The molecule has 0 spiro atoms. The summed E-state index contributed by atoms with van der Waals surface area (Å²) in [5.41, 5.74) is 5.13. The third-order valence-electron chi connectivity index (χ3n) is 7.87. The van der Waals surface area contributed by atoms with Crippen LogP contribution in [0.25, 0.3) is 10.9 Å². The van der Waals surface area contributed by atoms with E-state index in [0.29, 0.717) is 5.92 Å². The Morgan fingerprint density at radius 3 is 2.82 bits per heavy atom. The smallest absolute Gasteiger partial charge is 0.255 e. The maximum absolute atomic E-state index is 13.8. The molecule has 3 atom stereocenters. The van der Waals surface area contributed by atoms with Crippen molar-refractivity contribution >= 4 is 28.4 Å². The number of aromatic nitrogens is 1. The Bertz CT molecular complexity index is 1280. The molecular weight excluding hydrogens is 422 g/mol. The van der Waals surface area contributed by atoms with Crippen LogP contribution < -0.4 is 0 Å². The molecule has 34 heavy (non-hydrogen) atoms. The van der Waals surface area contributed by atoms with Gasteiger partial charge in [-0.05, 0) is 74.4 Å². The summed E-state index contributed by atoms with van der Waals surface area (Å²) in [6, 6.07) is 8.06. The number of benzene rings is 1. The minimum atomic E-state index is -0.0183. The number of carbonyl (C=O) groups is 1. The predicted molar refractivity (Wildman–Crippen MR) is 137 cm³/mol. The Kier molecular flexibility index (Phi) is 5.19. The maximum atomic E-state index is 13.8. The summed E-state index contributed by atoms with van der Waals surface area (Å²) in [5, 5.41) is 1.02. The summed E-state index contributed by atoms with van der Waals surface area (Å²) in [6.45, 7) is 7.39. The first kappa shape index (κ1) is 21.4. The lowest BCUT2D eigenvalue weighted by molar-refractivity contribution is 0.0683. The van der Waals surface area contributed by atoms with Crippen molar-refractivity contribution in [1.82, 2.24) is 14.4 Å². The minimum Gasteiger partial charge on any atom is -0.356 e. The van der Waals surface area contributed by atoms with Gasteiger partial charge in [-0.25, -0.2) is 4.99 Å². The van der Waals surface area contributed by atoms with Crippen LogP contribution in [0.2, 0.25) is 0 Å². The van der Waals surface area contributed by atoms with Crippen molar-refractivity contribution in [3.8, 4) is 0 Å². The van der Waals surface area contributed by atoms with Crippen molar-refractivity contribution in [1.29, 1.82) is 0 Å². The molecule has 0 bridgehead atoms. The van der Waals surface area contributed by atoms with Crippen molar-refractivity contribution in [3.05, 3.63) is 59.4 Å². The third kappa shape index (κ3) is 3.51.